The number of hydrogen-bond acceptors (Lipinski definition) is 5. The first-order valence-electron chi connectivity index (χ1n) is 7.88. The van der Waals surface area contributed by atoms with Gasteiger partial charge in [-0.05, 0) is 45.1 Å². The Morgan fingerprint density at radius 3 is 2.65 bits per heavy atom. The van der Waals surface area contributed by atoms with Crippen LogP contribution in [0.1, 0.15) is 70.5 Å². The maximum atomic E-state index is 5.93. The Morgan fingerprint density at radius 2 is 2.05 bits per heavy atom. The van der Waals surface area contributed by atoms with Crippen LogP contribution < -0.4 is 5.73 Å². The van der Waals surface area contributed by atoms with Gasteiger partial charge in [-0.3, -0.25) is 0 Å². The predicted molar refractivity (Wildman–Crippen MR) is 77.3 cm³/mol. The summed E-state index contributed by atoms with van der Waals surface area (Å²) in [6, 6.07) is 0. The molecule has 114 valence electrons. The van der Waals surface area contributed by atoms with E-state index in [9.17, 15) is 0 Å². The molecule has 20 heavy (non-hydrogen) atoms. The van der Waals surface area contributed by atoms with Gasteiger partial charge in [-0.15, -0.1) is 0 Å². The third kappa shape index (κ3) is 2.74. The molecule has 0 aromatic carbocycles. The molecule has 1 aromatic heterocycles. The van der Waals surface area contributed by atoms with Crippen molar-refractivity contribution in [1.29, 1.82) is 0 Å². The van der Waals surface area contributed by atoms with E-state index in [1.54, 1.807) is 0 Å². The molecule has 5 nitrogen and oxygen atoms in total. The monoisotopic (exact) mass is 281 g/mol. The second-order valence-corrected chi connectivity index (χ2v) is 5.62. The zero-order valence-electron chi connectivity index (χ0n) is 12.9. The SMILES string of the molecule is CCOC(CC)(CC)c1noc(C2CCCC2CN)n1. The number of rotatable bonds is 7. The van der Waals surface area contributed by atoms with Gasteiger partial charge in [0.2, 0.25) is 11.7 Å². The summed E-state index contributed by atoms with van der Waals surface area (Å²) in [5, 5.41) is 4.21. The van der Waals surface area contributed by atoms with Crippen LogP contribution in [0.2, 0.25) is 0 Å². The lowest BCUT2D eigenvalue weighted by atomic mass is 9.95. The van der Waals surface area contributed by atoms with Crippen molar-refractivity contribution in [2.45, 2.75) is 64.4 Å². The zero-order chi connectivity index (χ0) is 14.6. The molecule has 1 aliphatic carbocycles. The summed E-state index contributed by atoms with van der Waals surface area (Å²) < 4.78 is 11.5. The van der Waals surface area contributed by atoms with Gasteiger partial charge in [0, 0.05) is 12.5 Å². The second-order valence-electron chi connectivity index (χ2n) is 5.62. The highest BCUT2D eigenvalue weighted by molar-refractivity contribution is 5.06. The predicted octanol–water partition coefficient (Wildman–Crippen LogP) is 2.96. The van der Waals surface area contributed by atoms with Crippen LogP contribution in [-0.2, 0) is 10.3 Å². The fourth-order valence-corrected chi connectivity index (χ4v) is 3.33. The normalized spacial score (nSPS) is 23.4. The first-order valence-corrected chi connectivity index (χ1v) is 7.88. The van der Waals surface area contributed by atoms with E-state index >= 15 is 0 Å². The van der Waals surface area contributed by atoms with Gasteiger partial charge in [-0.1, -0.05) is 25.4 Å². The number of nitrogens with two attached hydrogens (primary N) is 1. The molecule has 0 saturated heterocycles. The molecule has 1 saturated carbocycles. The van der Waals surface area contributed by atoms with Gasteiger partial charge in [0.1, 0.15) is 5.60 Å². The van der Waals surface area contributed by atoms with E-state index in [2.05, 4.69) is 24.0 Å². The highest BCUT2D eigenvalue weighted by Crippen LogP contribution is 2.39. The van der Waals surface area contributed by atoms with Crippen molar-refractivity contribution in [3.05, 3.63) is 11.7 Å². The summed E-state index contributed by atoms with van der Waals surface area (Å²) in [5.41, 5.74) is 5.43. The number of nitrogens with zero attached hydrogens (tertiary/aromatic N) is 2. The number of ether oxygens (including phenoxy) is 1. The van der Waals surface area contributed by atoms with Crippen molar-refractivity contribution >= 4 is 0 Å². The molecule has 1 fully saturated rings. The van der Waals surface area contributed by atoms with Crippen LogP contribution in [0, 0.1) is 5.92 Å². The molecule has 0 amide bonds. The maximum absolute atomic E-state index is 5.93. The average Bonchev–Trinajstić information content (AvgIpc) is 3.12. The molecular formula is C15H27N3O2. The summed E-state index contributed by atoms with van der Waals surface area (Å²) in [6.07, 6.45) is 5.16. The van der Waals surface area contributed by atoms with Crippen LogP contribution in [0.15, 0.2) is 4.52 Å². The summed E-state index contributed by atoms with van der Waals surface area (Å²) in [5.74, 6) is 2.25. The molecule has 1 aliphatic rings. The molecule has 1 aromatic rings. The van der Waals surface area contributed by atoms with E-state index in [-0.39, 0.29) is 0 Å². The van der Waals surface area contributed by atoms with E-state index in [4.69, 9.17) is 15.0 Å². The number of hydrogen-bond donors (Lipinski definition) is 1. The lowest BCUT2D eigenvalue weighted by molar-refractivity contribution is -0.0583. The molecule has 0 radical (unpaired) electrons. The molecular weight excluding hydrogens is 254 g/mol. The zero-order valence-corrected chi connectivity index (χ0v) is 12.9. The highest BCUT2D eigenvalue weighted by atomic mass is 16.5. The molecule has 2 rings (SSSR count). The summed E-state index contributed by atoms with van der Waals surface area (Å²) in [7, 11) is 0. The minimum absolute atomic E-state index is 0.328. The molecule has 0 aliphatic heterocycles. The van der Waals surface area contributed by atoms with Gasteiger partial charge in [-0.25, -0.2) is 0 Å². The Hall–Kier alpha value is -0.940. The molecule has 2 N–H and O–H groups in total. The minimum atomic E-state index is -0.409. The molecule has 5 heteroatoms. The van der Waals surface area contributed by atoms with Crippen LogP contribution in [0.25, 0.3) is 0 Å². The van der Waals surface area contributed by atoms with Crippen molar-refractivity contribution in [3.63, 3.8) is 0 Å². The van der Waals surface area contributed by atoms with Gasteiger partial charge in [0.25, 0.3) is 0 Å². The average molecular weight is 281 g/mol. The third-order valence-electron chi connectivity index (χ3n) is 4.69. The first-order chi connectivity index (χ1) is 9.70. The van der Waals surface area contributed by atoms with E-state index < -0.39 is 5.60 Å². The highest BCUT2D eigenvalue weighted by Gasteiger charge is 2.37. The van der Waals surface area contributed by atoms with Crippen molar-refractivity contribution in [3.8, 4) is 0 Å². The van der Waals surface area contributed by atoms with Crippen molar-refractivity contribution in [2.24, 2.45) is 11.7 Å². The summed E-state index contributed by atoms with van der Waals surface area (Å²) in [6.45, 7) is 7.56. The van der Waals surface area contributed by atoms with Crippen LogP contribution in [0.5, 0.6) is 0 Å². The lowest BCUT2D eigenvalue weighted by Gasteiger charge is -2.27. The smallest absolute Gasteiger partial charge is 0.230 e. The van der Waals surface area contributed by atoms with E-state index in [0.717, 1.165) is 31.6 Å². The standard InChI is InChI=1S/C15H27N3O2/c1-4-15(5-2,19-6-3)14-17-13(20-18-14)12-9-7-8-11(12)10-16/h11-12H,4-10,16H2,1-3H3. The molecule has 2 atom stereocenters. The largest absolute Gasteiger partial charge is 0.367 e. The van der Waals surface area contributed by atoms with Gasteiger partial charge >= 0.3 is 0 Å². The van der Waals surface area contributed by atoms with Crippen LogP contribution in [0.3, 0.4) is 0 Å². The summed E-state index contributed by atoms with van der Waals surface area (Å²) >= 11 is 0. The number of aromatic nitrogens is 2. The van der Waals surface area contributed by atoms with Crippen molar-refractivity contribution in [1.82, 2.24) is 10.1 Å². The van der Waals surface area contributed by atoms with E-state index in [1.165, 1.54) is 6.42 Å². The topological polar surface area (TPSA) is 74.2 Å². The Kier molecular flexibility index (Phi) is 5.16. The Bertz CT molecular complexity index is 415. The van der Waals surface area contributed by atoms with Crippen LogP contribution in [-0.4, -0.2) is 23.3 Å². The van der Waals surface area contributed by atoms with Crippen molar-refractivity contribution in [2.75, 3.05) is 13.2 Å². The van der Waals surface area contributed by atoms with Gasteiger partial charge < -0.3 is 15.0 Å². The van der Waals surface area contributed by atoms with E-state index in [0.29, 0.717) is 30.8 Å². The third-order valence-corrected chi connectivity index (χ3v) is 4.69. The van der Waals surface area contributed by atoms with E-state index in [1.807, 2.05) is 6.92 Å². The molecule has 0 bridgehead atoms. The fourth-order valence-electron chi connectivity index (χ4n) is 3.33. The first kappa shape index (κ1) is 15.4. The Morgan fingerprint density at radius 1 is 1.30 bits per heavy atom. The van der Waals surface area contributed by atoms with Gasteiger partial charge in [0.15, 0.2) is 0 Å². The van der Waals surface area contributed by atoms with Crippen molar-refractivity contribution < 1.29 is 9.26 Å². The fraction of sp³-hybridized carbons (Fsp3) is 0.867. The second kappa shape index (κ2) is 6.68. The Labute approximate surface area is 121 Å². The Balaban J connectivity index is 2.22. The minimum Gasteiger partial charge on any atom is -0.367 e. The maximum Gasteiger partial charge on any atom is 0.230 e. The van der Waals surface area contributed by atoms with Crippen LogP contribution >= 0.6 is 0 Å². The van der Waals surface area contributed by atoms with Gasteiger partial charge in [0.05, 0.1) is 0 Å². The lowest BCUT2D eigenvalue weighted by Crippen LogP contribution is -2.30. The van der Waals surface area contributed by atoms with Gasteiger partial charge in [-0.2, -0.15) is 4.98 Å². The quantitative estimate of drug-likeness (QED) is 0.831. The molecule has 0 spiro atoms. The molecule has 1 heterocycles. The molecule has 2 unspecified atom stereocenters. The summed E-state index contributed by atoms with van der Waals surface area (Å²) in [4.78, 5) is 4.66. The van der Waals surface area contributed by atoms with Crippen LogP contribution in [0.4, 0.5) is 0 Å².